The molecule has 1 saturated carbocycles. The van der Waals surface area contributed by atoms with Crippen LogP contribution in [0.2, 0.25) is 0 Å². The Balaban J connectivity index is 1.91. The maximum Gasteiger partial charge on any atom is 0.267 e. The number of hydrogen-bond acceptors (Lipinski definition) is 4. The van der Waals surface area contributed by atoms with Crippen molar-refractivity contribution in [2.45, 2.75) is 49.6 Å². The first-order valence-corrected chi connectivity index (χ1v) is 8.97. The highest BCUT2D eigenvalue weighted by Gasteiger charge is 2.31. The monoisotopic (exact) mass is 324 g/mol. The highest BCUT2D eigenvalue weighted by atomic mass is 32.2. The van der Waals surface area contributed by atoms with Crippen LogP contribution in [0.4, 0.5) is 5.69 Å². The first-order valence-electron chi connectivity index (χ1n) is 7.49. The summed E-state index contributed by atoms with van der Waals surface area (Å²) in [5.74, 6) is 0.334. The van der Waals surface area contributed by atoms with Crippen LogP contribution in [0.25, 0.3) is 0 Å². The zero-order chi connectivity index (χ0) is 15.9. The van der Waals surface area contributed by atoms with Crippen LogP contribution in [0.3, 0.4) is 0 Å². The van der Waals surface area contributed by atoms with E-state index in [-0.39, 0.29) is 16.8 Å². The van der Waals surface area contributed by atoms with Crippen LogP contribution < -0.4 is 14.4 Å². The molecule has 7 heteroatoms. The lowest BCUT2D eigenvalue weighted by Crippen LogP contribution is -2.42. The minimum atomic E-state index is -3.58. The standard InChI is InChI=1S/C15H20N2O4S/c1-10-15(18)17(2)13-9-12(7-8-14(13)21-10)22(19,20)16-11-5-3-4-6-11/h7-11,16H,3-6H2,1-2H3. The molecule has 120 valence electrons. The average molecular weight is 324 g/mol. The third-order valence-corrected chi connectivity index (χ3v) is 5.78. The van der Waals surface area contributed by atoms with Gasteiger partial charge in [-0.15, -0.1) is 0 Å². The van der Waals surface area contributed by atoms with E-state index in [1.807, 2.05) is 0 Å². The van der Waals surface area contributed by atoms with Crippen molar-refractivity contribution in [3.8, 4) is 5.75 Å². The van der Waals surface area contributed by atoms with Gasteiger partial charge >= 0.3 is 0 Å². The normalized spacial score (nSPS) is 22.5. The molecule has 1 aromatic rings. The van der Waals surface area contributed by atoms with Crippen LogP contribution in [0.5, 0.6) is 5.75 Å². The van der Waals surface area contributed by atoms with E-state index in [0.717, 1.165) is 25.7 Å². The number of hydrogen-bond donors (Lipinski definition) is 1. The fraction of sp³-hybridized carbons (Fsp3) is 0.533. The number of rotatable bonds is 3. The topological polar surface area (TPSA) is 75.7 Å². The Kier molecular flexibility index (Phi) is 3.86. The Morgan fingerprint density at radius 1 is 1.27 bits per heavy atom. The van der Waals surface area contributed by atoms with Gasteiger partial charge in [-0.2, -0.15) is 0 Å². The minimum Gasteiger partial charge on any atom is -0.479 e. The molecule has 0 saturated heterocycles. The van der Waals surface area contributed by atoms with Gasteiger partial charge < -0.3 is 9.64 Å². The summed E-state index contributed by atoms with van der Waals surface area (Å²) in [5, 5.41) is 0. The fourth-order valence-corrected chi connectivity index (χ4v) is 4.31. The molecule has 2 aliphatic rings. The molecule has 1 aliphatic heterocycles. The summed E-state index contributed by atoms with van der Waals surface area (Å²) in [7, 11) is -1.95. The molecule has 1 unspecified atom stereocenters. The number of fused-ring (bicyclic) bond motifs is 1. The molecule has 3 rings (SSSR count). The van der Waals surface area contributed by atoms with E-state index < -0.39 is 16.1 Å². The van der Waals surface area contributed by atoms with Gasteiger partial charge in [0.25, 0.3) is 5.91 Å². The van der Waals surface area contributed by atoms with Crippen molar-refractivity contribution in [2.24, 2.45) is 0 Å². The summed E-state index contributed by atoms with van der Waals surface area (Å²) in [4.78, 5) is 13.6. The van der Waals surface area contributed by atoms with Crippen LogP contribution in [0.15, 0.2) is 23.1 Å². The van der Waals surface area contributed by atoms with Crippen LogP contribution in [0, 0.1) is 0 Å². The van der Waals surface area contributed by atoms with Gasteiger partial charge in [0.2, 0.25) is 10.0 Å². The van der Waals surface area contributed by atoms with Gasteiger partial charge in [-0.3, -0.25) is 4.79 Å². The number of benzene rings is 1. The number of carbonyl (C=O) groups excluding carboxylic acids is 1. The Bertz CT molecular complexity index is 695. The molecule has 0 radical (unpaired) electrons. The molecule has 1 N–H and O–H groups in total. The van der Waals surface area contributed by atoms with E-state index in [0.29, 0.717) is 11.4 Å². The van der Waals surface area contributed by atoms with Crippen molar-refractivity contribution in [1.82, 2.24) is 4.72 Å². The lowest BCUT2D eigenvalue weighted by molar-refractivity contribution is -0.125. The van der Waals surface area contributed by atoms with E-state index in [2.05, 4.69) is 4.72 Å². The van der Waals surface area contributed by atoms with Crippen molar-refractivity contribution >= 4 is 21.6 Å². The van der Waals surface area contributed by atoms with E-state index >= 15 is 0 Å². The van der Waals surface area contributed by atoms with Gasteiger partial charge in [-0.05, 0) is 38.0 Å². The summed E-state index contributed by atoms with van der Waals surface area (Å²) in [6.07, 6.45) is 3.31. The number of nitrogens with zero attached hydrogens (tertiary/aromatic N) is 1. The smallest absolute Gasteiger partial charge is 0.267 e. The van der Waals surface area contributed by atoms with Gasteiger partial charge in [-0.25, -0.2) is 13.1 Å². The third kappa shape index (κ3) is 2.70. The molecule has 1 amide bonds. The molecule has 22 heavy (non-hydrogen) atoms. The Labute approximate surface area is 130 Å². The van der Waals surface area contributed by atoms with Gasteiger partial charge in [-0.1, -0.05) is 12.8 Å². The van der Waals surface area contributed by atoms with Crippen LogP contribution in [0.1, 0.15) is 32.6 Å². The summed E-state index contributed by atoms with van der Waals surface area (Å²) in [6.45, 7) is 1.67. The zero-order valence-electron chi connectivity index (χ0n) is 12.7. The summed E-state index contributed by atoms with van der Waals surface area (Å²) in [6, 6.07) is 4.64. The second kappa shape index (κ2) is 5.55. The van der Waals surface area contributed by atoms with Crippen molar-refractivity contribution in [2.75, 3.05) is 11.9 Å². The van der Waals surface area contributed by atoms with Crippen molar-refractivity contribution < 1.29 is 17.9 Å². The lowest BCUT2D eigenvalue weighted by Gasteiger charge is -2.30. The molecule has 1 aromatic carbocycles. The molecule has 0 spiro atoms. The summed E-state index contributed by atoms with van der Waals surface area (Å²) < 4.78 is 33.2. The van der Waals surface area contributed by atoms with Crippen molar-refractivity contribution in [3.05, 3.63) is 18.2 Å². The maximum atomic E-state index is 12.5. The van der Waals surface area contributed by atoms with Crippen molar-refractivity contribution in [3.63, 3.8) is 0 Å². The van der Waals surface area contributed by atoms with Crippen LogP contribution in [-0.2, 0) is 14.8 Å². The molecule has 1 fully saturated rings. The van der Waals surface area contributed by atoms with Gasteiger partial charge in [0.15, 0.2) is 6.10 Å². The first-order chi connectivity index (χ1) is 10.4. The highest BCUT2D eigenvalue weighted by molar-refractivity contribution is 7.89. The number of carbonyl (C=O) groups is 1. The third-order valence-electron chi connectivity index (χ3n) is 4.26. The molecule has 0 bridgehead atoms. The summed E-state index contributed by atoms with van der Waals surface area (Å²) in [5.41, 5.74) is 0.484. The number of nitrogens with one attached hydrogen (secondary N) is 1. The molecule has 1 aliphatic carbocycles. The average Bonchev–Trinajstić information content (AvgIpc) is 2.96. The van der Waals surface area contributed by atoms with Gasteiger partial charge in [0.1, 0.15) is 5.75 Å². The van der Waals surface area contributed by atoms with Crippen LogP contribution >= 0.6 is 0 Å². The second-order valence-corrected chi connectivity index (χ2v) is 7.60. The van der Waals surface area contributed by atoms with E-state index in [4.69, 9.17) is 4.74 Å². The maximum absolute atomic E-state index is 12.5. The van der Waals surface area contributed by atoms with Crippen molar-refractivity contribution in [1.29, 1.82) is 0 Å². The number of amides is 1. The Morgan fingerprint density at radius 2 is 1.95 bits per heavy atom. The largest absolute Gasteiger partial charge is 0.479 e. The number of ether oxygens (including phenoxy) is 1. The number of likely N-dealkylation sites (N-methyl/N-ethyl adjacent to an activating group) is 1. The zero-order valence-corrected chi connectivity index (χ0v) is 13.5. The SMILES string of the molecule is CC1Oc2ccc(S(=O)(=O)NC3CCCC3)cc2N(C)C1=O. The quantitative estimate of drug-likeness (QED) is 0.917. The van der Waals surface area contributed by atoms with E-state index in [1.54, 1.807) is 20.0 Å². The van der Waals surface area contributed by atoms with Gasteiger partial charge in [0.05, 0.1) is 10.6 Å². The number of sulfonamides is 1. The van der Waals surface area contributed by atoms with Gasteiger partial charge in [0, 0.05) is 13.1 Å². The van der Waals surface area contributed by atoms with E-state index in [1.165, 1.54) is 17.0 Å². The molecular weight excluding hydrogens is 304 g/mol. The van der Waals surface area contributed by atoms with Crippen LogP contribution in [-0.4, -0.2) is 33.5 Å². The molecule has 6 nitrogen and oxygen atoms in total. The first kappa shape index (κ1) is 15.3. The fourth-order valence-electron chi connectivity index (χ4n) is 2.99. The number of anilines is 1. The molecule has 1 heterocycles. The highest BCUT2D eigenvalue weighted by Crippen LogP contribution is 2.35. The minimum absolute atomic E-state index is 0.0108. The van der Waals surface area contributed by atoms with E-state index in [9.17, 15) is 13.2 Å². The molecular formula is C15H20N2O4S. The predicted octanol–water partition coefficient (Wildman–Crippen LogP) is 1.65. The second-order valence-electron chi connectivity index (χ2n) is 5.89. The Hall–Kier alpha value is -1.60. The molecule has 1 atom stereocenters. The molecule has 0 aromatic heterocycles. The Morgan fingerprint density at radius 3 is 2.64 bits per heavy atom. The summed E-state index contributed by atoms with van der Waals surface area (Å²) >= 11 is 0. The lowest BCUT2D eigenvalue weighted by atomic mass is 10.2. The predicted molar refractivity (Wildman–Crippen MR) is 82.5 cm³/mol.